The molecule has 0 unspecified atom stereocenters. The number of aromatic nitrogens is 2. The zero-order valence-electron chi connectivity index (χ0n) is 31.9. The summed E-state index contributed by atoms with van der Waals surface area (Å²) in [6, 6.07) is 12.6. The van der Waals surface area contributed by atoms with Crippen molar-refractivity contribution in [1.82, 2.24) is 25.1 Å². The molecule has 3 N–H and O–H groups in total. The number of aliphatic imine (C=N–C) groups is 1. The van der Waals surface area contributed by atoms with Crippen molar-refractivity contribution in [3.8, 4) is 11.8 Å². The van der Waals surface area contributed by atoms with E-state index in [9.17, 15) is 19.5 Å². The summed E-state index contributed by atoms with van der Waals surface area (Å²) >= 11 is 0. The van der Waals surface area contributed by atoms with Crippen LogP contribution in [0.15, 0.2) is 53.7 Å². The van der Waals surface area contributed by atoms with Crippen LogP contribution < -0.4 is 5.32 Å². The van der Waals surface area contributed by atoms with Crippen LogP contribution >= 0.6 is 67.5 Å². The topological polar surface area (TPSA) is 140 Å². The summed E-state index contributed by atoms with van der Waals surface area (Å²) in [6.07, 6.45) is 4.29. The molecule has 0 saturated carbocycles. The number of H-pyrrole nitrogens is 1. The number of fused-ring (bicyclic) bond motifs is 1. The van der Waals surface area contributed by atoms with E-state index in [0.29, 0.717) is 24.7 Å². The minimum atomic E-state index is -1.12. The van der Waals surface area contributed by atoms with Crippen LogP contribution in [-0.2, 0) is 14.3 Å². The minimum Gasteiger partial charge on any atom is -0.453 e. The Kier molecular flexibility index (Phi) is 19.9. The Balaban J connectivity index is 0.00000302. The SMILES string of the molecule is COC(=O)N[C@H](C(=O)N1CCC[C@H]1c1nc2ccc(C#Cc3ccc(C4=CN=C([C@@H]5CCCN5C(=O)[C@@H](C)C(C)C)C4)cc3)cc2[nH]1)[C@H](C)O.S.S.S.S.S. The summed E-state index contributed by atoms with van der Waals surface area (Å²) in [4.78, 5) is 54.9. The smallest absolute Gasteiger partial charge is 0.407 e. The molecule has 2 saturated heterocycles. The number of nitrogens with one attached hydrogen (secondary N) is 2. The number of hydrogen-bond donors (Lipinski definition) is 3. The van der Waals surface area contributed by atoms with Crippen molar-refractivity contribution in [3.63, 3.8) is 0 Å². The van der Waals surface area contributed by atoms with Gasteiger partial charge in [-0.25, -0.2) is 9.78 Å². The number of hydrogen-bond acceptors (Lipinski definition) is 7. The van der Waals surface area contributed by atoms with Crippen LogP contribution in [0.5, 0.6) is 0 Å². The number of ether oxygens (including phenoxy) is 1. The van der Waals surface area contributed by atoms with E-state index in [1.165, 1.54) is 14.0 Å². The fourth-order valence-electron chi connectivity index (χ4n) is 7.00. The molecular weight excluding hydrogens is 793 g/mol. The van der Waals surface area contributed by atoms with Crippen molar-refractivity contribution in [2.24, 2.45) is 16.8 Å². The summed E-state index contributed by atoms with van der Waals surface area (Å²) < 4.78 is 4.64. The molecule has 6 rings (SSSR count). The number of methoxy groups -OCH3 is 1. The molecular formula is C39H56N6O5S5. The molecule has 2 fully saturated rings. The van der Waals surface area contributed by atoms with Crippen molar-refractivity contribution in [2.75, 3.05) is 20.2 Å². The van der Waals surface area contributed by atoms with Crippen LogP contribution in [0.25, 0.3) is 16.6 Å². The average molecular weight is 849 g/mol. The van der Waals surface area contributed by atoms with E-state index >= 15 is 0 Å². The van der Waals surface area contributed by atoms with E-state index in [1.54, 1.807) is 4.90 Å². The number of aromatic amines is 1. The van der Waals surface area contributed by atoms with Crippen LogP contribution in [0.2, 0.25) is 0 Å². The fraction of sp³-hybridized carbons (Fsp3) is 0.462. The number of likely N-dealkylation sites (tertiary alicyclic amines) is 2. The first-order valence-electron chi connectivity index (χ1n) is 17.5. The largest absolute Gasteiger partial charge is 0.453 e. The van der Waals surface area contributed by atoms with E-state index in [4.69, 9.17) is 9.98 Å². The Morgan fingerprint density at radius 3 is 2.09 bits per heavy atom. The number of benzene rings is 2. The quantitative estimate of drug-likeness (QED) is 0.247. The molecule has 1 aromatic heterocycles. The molecule has 11 nitrogen and oxygen atoms in total. The van der Waals surface area contributed by atoms with Crippen molar-refractivity contribution < 1.29 is 24.2 Å². The molecule has 3 aromatic rings. The number of rotatable bonds is 8. The molecule has 2 aromatic carbocycles. The van der Waals surface area contributed by atoms with Gasteiger partial charge in [0.1, 0.15) is 11.9 Å². The lowest BCUT2D eigenvalue weighted by Crippen LogP contribution is -2.53. The second-order valence-electron chi connectivity index (χ2n) is 13.9. The molecule has 4 heterocycles. The lowest BCUT2D eigenvalue weighted by Gasteiger charge is -2.29. The number of aliphatic hydroxyl groups is 1. The van der Waals surface area contributed by atoms with Gasteiger partial charge in [-0.3, -0.25) is 14.6 Å². The predicted molar refractivity (Wildman–Crippen MR) is 244 cm³/mol. The molecule has 0 bridgehead atoms. The first kappa shape index (κ1) is 49.8. The number of nitrogens with zero attached hydrogens (tertiary/aromatic N) is 4. The van der Waals surface area contributed by atoms with Gasteiger partial charge >= 0.3 is 6.09 Å². The van der Waals surface area contributed by atoms with E-state index in [-0.39, 0.29) is 97.3 Å². The summed E-state index contributed by atoms with van der Waals surface area (Å²) in [5, 5.41) is 12.7. The van der Waals surface area contributed by atoms with Crippen LogP contribution in [0.4, 0.5) is 4.79 Å². The second-order valence-corrected chi connectivity index (χ2v) is 13.9. The van der Waals surface area contributed by atoms with Gasteiger partial charge in [0.05, 0.1) is 36.3 Å². The lowest BCUT2D eigenvalue weighted by molar-refractivity contribution is -0.137. The molecule has 0 aliphatic carbocycles. The Morgan fingerprint density at radius 2 is 1.47 bits per heavy atom. The van der Waals surface area contributed by atoms with Crippen molar-refractivity contribution in [1.29, 1.82) is 0 Å². The van der Waals surface area contributed by atoms with Crippen molar-refractivity contribution in [3.05, 3.63) is 71.2 Å². The highest BCUT2D eigenvalue weighted by atomic mass is 32.1. The summed E-state index contributed by atoms with van der Waals surface area (Å²) in [6.45, 7) is 8.99. The molecule has 3 aliphatic rings. The van der Waals surface area contributed by atoms with E-state index in [2.05, 4.69) is 52.9 Å². The summed E-state index contributed by atoms with van der Waals surface area (Å²) in [5.41, 5.74) is 6.63. The van der Waals surface area contributed by atoms with Gasteiger partial charge in [0, 0.05) is 48.5 Å². The van der Waals surface area contributed by atoms with Gasteiger partial charge in [-0.15, -0.1) is 0 Å². The number of allylic oxidation sites excluding steroid dienone is 1. The first-order chi connectivity index (χ1) is 24.0. The van der Waals surface area contributed by atoms with Gasteiger partial charge in [0.2, 0.25) is 11.8 Å². The Hall–Kier alpha value is -3.20. The van der Waals surface area contributed by atoms with Crippen molar-refractivity contribution >= 4 is 108 Å². The maximum absolute atomic E-state index is 13.4. The van der Waals surface area contributed by atoms with Gasteiger partial charge in [-0.2, -0.15) is 67.5 Å². The highest BCUT2D eigenvalue weighted by Crippen LogP contribution is 2.33. The minimum absolute atomic E-state index is 0. The third-order valence-corrected chi connectivity index (χ3v) is 10.2. The van der Waals surface area contributed by atoms with Gasteiger partial charge in [-0.05, 0) is 80.0 Å². The maximum Gasteiger partial charge on any atom is 0.407 e. The van der Waals surface area contributed by atoms with Crippen molar-refractivity contribution in [2.45, 2.75) is 84.0 Å². The lowest BCUT2D eigenvalue weighted by atomic mass is 9.94. The third-order valence-electron chi connectivity index (χ3n) is 10.2. The van der Waals surface area contributed by atoms with Crippen LogP contribution in [0.1, 0.15) is 88.4 Å². The maximum atomic E-state index is 13.4. The molecule has 302 valence electrons. The molecule has 16 heteroatoms. The molecule has 3 amide bonds. The Morgan fingerprint density at radius 1 is 0.873 bits per heavy atom. The van der Waals surface area contributed by atoms with E-state index < -0.39 is 18.2 Å². The highest BCUT2D eigenvalue weighted by Gasteiger charge is 2.39. The van der Waals surface area contributed by atoms with Gasteiger partial charge < -0.3 is 29.9 Å². The van der Waals surface area contributed by atoms with Crippen LogP contribution in [0.3, 0.4) is 0 Å². The number of aliphatic hydroxyl groups excluding tert-OH is 1. The fourth-order valence-corrected chi connectivity index (χ4v) is 7.00. The van der Waals surface area contributed by atoms with Crippen LogP contribution in [-0.4, -0.2) is 86.9 Å². The predicted octanol–water partition coefficient (Wildman–Crippen LogP) is 5.76. The molecule has 0 spiro atoms. The number of amides is 3. The van der Waals surface area contributed by atoms with Gasteiger partial charge in [0.15, 0.2) is 0 Å². The first-order valence-corrected chi connectivity index (χ1v) is 17.5. The van der Waals surface area contributed by atoms with Gasteiger partial charge in [0.25, 0.3) is 0 Å². The Bertz CT molecular complexity index is 1910. The molecule has 55 heavy (non-hydrogen) atoms. The van der Waals surface area contributed by atoms with Gasteiger partial charge in [-0.1, -0.05) is 44.7 Å². The molecule has 5 atom stereocenters. The highest BCUT2D eigenvalue weighted by molar-refractivity contribution is 7.60. The van der Waals surface area contributed by atoms with Crippen LogP contribution in [0, 0.1) is 23.7 Å². The number of alkyl carbamates (subject to hydrolysis) is 1. The number of carbonyl (C=O) groups is 3. The zero-order valence-corrected chi connectivity index (χ0v) is 36.9. The van der Waals surface area contributed by atoms with E-state index in [1.807, 2.05) is 48.4 Å². The average Bonchev–Trinajstić information content (AvgIpc) is 3.94. The third kappa shape index (κ3) is 11.2. The normalized spacial score (nSPS) is 18.7. The summed E-state index contributed by atoms with van der Waals surface area (Å²) in [7, 11) is 1.21. The number of imidazole rings is 1. The molecule has 0 radical (unpaired) electrons. The standard InChI is InChI=1S/C39H46N6O5.5H2S/c1-23(2)24(3)37(47)44-18-6-8-33(44)32-21-29(22-40-32)28-15-12-26(13-16-28)10-11-27-14-17-30-31(20-27)42-36(41-30)34-9-7-19-45(34)38(48)35(25(4)46)43-39(49)50-5;;;;;/h12-17,20,22-25,33-35,46H,6-9,18-19,21H2,1-5H3,(H,41,42)(H,43,49);5*1H2/t24-,25-,33-,34-,35-;;;;;/m0...../s1. The van der Waals surface area contributed by atoms with E-state index in [0.717, 1.165) is 71.2 Å². The summed E-state index contributed by atoms with van der Waals surface area (Å²) in [5.74, 6) is 7.35. The monoisotopic (exact) mass is 848 g/mol. The Labute approximate surface area is 359 Å². The second kappa shape index (κ2) is 21.9. The zero-order chi connectivity index (χ0) is 35.5. The number of carbonyl (C=O) groups excluding carboxylic acids is 3. The molecule has 3 aliphatic heterocycles.